The number of hydrogen-bond donors (Lipinski definition) is 0. The molecule has 9 heteroatoms. The highest BCUT2D eigenvalue weighted by Gasteiger charge is 2.32. The zero-order chi connectivity index (χ0) is 33.1. The fraction of sp³-hybridized carbons (Fsp3) is 0.368. The molecule has 6 nitrogen and oxygen atoms in total. The molecule has 4 aromatic rings. The molecule has 0 bridgehead atoms. The quantitative estimate of drug-likeness (QED) is 0.186. The van der Waals surface area contributed by atoms with Crippen molar-refractivity contribution in [2.24, 2.45) is 5.92 Å². The first-order valence-corrected chi connectivity index (χ1v) is 18.5. The molecule has 2 heterocycles. The highest BCUT2D eigenvalue weighted by Crippen LogP contribution is 2.37. The van der Waals surface area contributed by atoms with Gasteiger partial charge in [-0.2, -0.15) is 5.26 Å². The molecule has 0 spiro atoms. The standard InChI is InChI=1S/C38H39Cl2N3O3S/c1-25-22-43(38(44)36-32-9-4-3-7-28(32)19-30(21-41)37(36)46-24-25)23-29(27-11-12-33(39)34(40)20-27)15-18-42-16-13-26(14-17-42)31-8-5-6-10-35(31)47(2)45/h3-12,19-20,25-26,29H,13-18,22-24H2,1-2H3/t25-,29-,47+/m1/s1. The van der Waals surface area contributed by atoms with E-state index in [2.05, 4.69) is 24.0 Å². The van der Waals surface area contributed by atoms with Crippen molar-refractivity contribution in [3.8, 4) is 11.8 Å². The Bertz CT molecular complexity index is 1850. The first kappa shape index (κ1) is 33.5. The number of ether oxygens (including phenoxy) is 1. The van der Waals surface area contributed by atoms with Gasteiger partial charge in [0.15, 0.2) is 0 Å². The molecule has 0 aromatic heterocycles. The van der Waals surface area contributed by atoms with Crippen molar-refractivity contribution in [2.45, 2.75) is 42.9 Å². The summed E-state index contributed by atoms with van der Waals surface area (Å²) in [5, 5.41) is 12.6. The van der Waals surface area contributed by atoms with E-state index >= 15 is 0 Å². The minimum atomic E-state index is -1.01. The second kappa shape index (κ2) is 14.8. The Morgan fingerprint density at radius 1 is 1.02 bits per heavy atom. The SMILES string of the molecule is C[C@H]1COc2c(C#N)cc3ccccc3c2C(=O)N(C[C@@H](CCN2CCC(c3ccccc3[S@](C)=O)CC2)c2ccc(Cl)c(Cl)c2)C1. The lowest BCUT2D eigenvalue weighted by molar-refractivity contribution is 0.0667. The van der Waals surface area contributed by atoms with Gasteiger partial charge in [-0.25, -0.2) is 0 Å². The van der Waals surface area contributed by atoms with Gasteiger partial charge >= 0.3 is 0 Å². The Balaban J connectivity index is 1.25. The molecule has 1 amide bonds. The minimum absolute atomic E-state index is 0.0103. The third-order valence-electron chi connectivity index (χ3n) is 9.57. The number of piperidine rings is 1. The number of nitrogens with zero attached hydrogens (tertiary/aromatic N) is 3. The van der Waals surface area contributed by atoms with Crippen LogP contribution >= 0.6 is 23.2 Å². The van der Waals surface area contributed by atoms with Crippen molar-refractivity contribution >= 4 is 50.7 Å². The second-order valence-corrected chi connectivity index (χ2v) is 15.0. The molecule has 1 saturated heterocycles. The number of halogens is 2. The average molecular weight is 689 g/mol. The van der Waals surface area contributed by atoms with E-state index in [1.165, 1.54) is 5.56 Å². The molecule has 47 heavy (non-hydrogen) atoms. The van der Waals surface area contributed by atoms with Crippen LogP contribution in [0.1, 0.15) is 65.1 Å². The summed E-state index contributed by atoms with van der Waals surface area (Å²) >= 11 is 12.9. The summed E-state index contributed by atoms with van der Waals surface area (Å²) in [6, 6.07) is 25.7. The molecule has 244 valence electrons. The Hall–Kier alpha value is -3.41. The number of carbonyl (C=O) groups excluding carboxylic acids is 1. The molecule has 0 unspecified atom stereocenters. The number of nitriles is 1. The van der Waals surface area contributed by atoms with Crippen molar-refractivity contribution in [1.82, 2.24) is 9.80 Å². The second-order valence-electron chi connectivity index (χ2n) is 12.9. The molecule has 2 aliphatic heterocycles. The van der Waals surface area contributed by atoms with E-state index in [0.717, 1.165) is 60.1 Å². The molecule has 1 fully saturated rings. The predicted molar refractivity (Wildman–Crippen MR) is 190 cm³/mol. The highest BCUT2D eigenvalue weighted by atomic mass is 35.5. The van der Waals surface area contributed by atoms with Gasteiger partial charge in [-0.15, -0.1) is 0 Å². The van der Waals surface area contributed by atoms with E-state index in [-0.39, 0.29) is 17.7 Å². The van der Waals surface area contributed by atoms with Gasteiger partial charge in [-0.05, 0) is 91.0 Å². The van der Waals surface area contributed by atoms with Crippen LogP contribution in [0.5, 0.6) is 5.75 Å². The number of hydrogen-bond acceptors (Lipinski definition) is 5. The molecular weight excluding hydrogens is 649 g/mol. The summed E-state index contributed by atoms with van der Waals surface area (Å²) in [6.45, 7) is 6.29. The monoisotopic (exact) mass is 687 g/mol. The maximum absolute atomic E-state index is 14.5. The van der Waals surface area contributed by atoms with E-state index < -0.39 is 10.8 Å². The summed E-state index contributed by atoms with van der Waals surface area (Å²) < 4.78 is 18.5. The third-order valence-corrected chi connectivity index (χ3v) is 11.3. The number of fused-ring (bicyclic) bond motifs is 3. The van der Waals surface area contributed by atoms with Gasteiger partial charge in [0.2, 0.25) is 0 Å². The van der Waals surface area contributed by atoms with Crippen molar-refractivity contribution in [3.63, 3.8) is 0 Å². The molecule has 0 N–H and O–H groups in total. The van der Waals surface area contributed by atoms with Gasteiger partial charge in [-0.3, -0.25) is 9.00 Å². The third kappa shape index (κ3) is 7.37. The van der Waals surface area contributed by atoms with Crippen molar-refractivity contribution in [2.75, 3.05) is 45.6 Å². The fourth-order valence-electron chi connectivity index (χ4n) is 7.11. The lowest BCUT2D eigenvalue weighted by Gasteiger charge is -2.36. The average Bonchev–Trinajstić information content (AvgIpc) is 3.08. The molecule has 0 radical (unpaired) electrons. The molecule has 3 atom stereocenters. The van der Waals surface area contributed by atoms with E-state index in [9.17, 15) is 14.3 Å². The highest BCUT2D eigenvalue weighted by molar-refractivity contribution is 7.84. The molecule has 4 aromatic carbocycles. The van der Waals surface area contributed by atoms with Crippen LogP contribution in [0, 0.1) is 17.2 Å². The van der Waals surface area contributed by atoms with Gasteiger partial charge in [-0.1, -0.05) is 78.7 Å². The smallest absolute Gasteiger partial charge is 0.258 e. The van der Waals surface area contributed by atoms with Crippen LogP contribution in [-0.2, 0) is 10.8 Å². The van der Waals surface area contributed by atoms with Gasteiger partial charge in [0.25, 0.3) is 5.91 Å². The van der Waals surface area contributed by atoms with Crippen molar-refractivity contribution in [3.05, 3.63) is 105 Å². The van der Waals surface area contributed by atoms with Crippen LogP contribution in [-0.4, -0.2) is 65.5 Å². The van der Waals surface area contributed by atoms with E-state index in [0.29, 0.717) is 52.5 Å². The van der Waals surface area contributed by atoms with Crippen LogP contribution < -0.4 is 4.74 Å². The Morgan fingerprint density at radius 3 is 2.51 bits per heavy atom. The Labute approximate surface area is 289 Å². The Kier molecular flexibility index (Phi) is 10.5. The van der Waals surface area contributed by atoms with Crippen LogP contribution in [0.2, 0.25) is 10.0 Å². The lowest BCUT2D eigenvalue weighted by atomic mass is 9.88. The number of benzene rings is 4. The van der Waals surface area contributed by atoms with Crippen LogP contribution in [0.4, 0.5) is 0 Å². The topological polar surface area (TPSA) is 73.6 Å². The summed E-state index contributed by atoms with van der Waals surface area (Å²) in [5.74, 6) is 0.718. The number of carbonyl (C=O) groups is 1. The number of likely N-dealkylation sites (tertiary alicyclic amines) is 1. The fourth-order valence-corrected chi connectivity index (χ4v) is 8.25. The van der Waals surface area contributed by atoms with Crippen LogP contribution in [0.3, 0.4) is 0 Å². The summed E-state index contributed by atoms with van der Waals surface area (Å²) in [4.78, 5) is 19.9. The van der Waals surface area contributed by atoms with Crippen LogP contribution in [0.15, 0.2) is 77.7 Å². The normalized spacial score (nSPS) is 18.9. The number of amides is 1. The van der Waals surface area contributed by atoms with Gasteiger partial charge < -0.3 is 14.5 Å². The summed E-state index contributed by atoms with van der Waals surface area (Å²) in [5.41, 5.74) is 3.08. The maximum Gasteiger partial charge on any atom is 0.258 e. The zero-order valence-corrected chi connectivity index (χ0v) is 29.1. The summed E-state index contributed by atoms with van der Waals surface area (Å²) in [6.07, 6.45) is 4.61. The summed E-state index contributed by atoms with van der Waals surface area (Å²) in [7, 11) is -1.01. The van der Waals surface area contributed by atoms with E-state index in [4.69, 9.17) is 27.9 Å². The minimum Gasteiger partial charge on any atom is -0.491 e. The maximum atomic E-state index is 14.5. The largest absolute Gasteiger partial charge is 0.491 e. The first-order chi connectivity index (χ1) is 22.7. The first-order valence-electron chi connectivity index (χ1n) is 16.2. The van der Waals surface area contributed by atoms with Crippen LogP contribution in [0.25, 0.3) is 10.8 Å². The predicted octanol–water partition coefficient (Wildman–Crippen LogP) is 8.28. The van der Waals surface area contributed by atoms with Gasteiger partial charge in [0.05, 0.1) is 38.6 Å². The van der Waals surface area contributed by atoms with Gasteiger partial charge in [0.1, 0.15) is 11.8 Å². The molecule has 6 rings (SSSR count). The molecule has 0 saturated carbocycles. The zero-order valence-electron chi connectivity index (χ0n) is 26.8. The van der Waals surface area contributed by atoms with Crippen molar-refractivity contribution < 1.29 is 13.7 Å². The van der Waals surface area contributed by atoms with E-state index in [1.807, 2.05) is 65.6 Å². The van der Waals surface area contributed by atoms with Gasteiger partial charge in [0, 0.05) is 36.1 Å². The molecular formula is C38H39Cl2N3O3S. The van der Waals surface area contributed by atoms with Crippen molar-refractivity contribution in [1.29, 1.82) is 5.26 Å². The lowest BCUT2D eigenvalue weighted by Crippen LogP contribution is -2.42. The van der Waals surface area contributed by atoms with E-state index in [1.54, 1.807) is 12.3 Å². The molecule has 2 aliphatic rings. The number of rotatable bonds is 8. The Morgan fingerprint density at radius 2 is 1.77 bits per heavy atom. The molecule has 0 aliphatic carbocycles.